The summed E-state index contributed by atoms with van der Waals surface area (Å²) in [6.07, 6.45) is 9.93. The van der Waals surface area contributed by atoms with Gasteiger partial charge in [0.05, 0.1) is 0 Å². The highest BCUT2D eigenvalue weighted by molar-refractivity contribution is 5.68. The van der Waals surface area contributed by atoms with Gasteiger partial charge in [0.2, 0.25) is 0 Å². The first-order valence-corrected chi connectivity index (χ1v) is 11.6. The predicted octanol–water partition coefficient (Wildman–Crippen LogP) is 3.32. The number of nitrogens with zero attached hydrogens (tertiary/aromatic N) is 3. The van der Waals surface area contributed by atoms with E-state index >= 15 is 0 Å². The minimum absolute atomic E-state index is 0.210. The molecule has 8 nitrogen and oxygen atoms in total. The highest BCUT2D eigenvalue weighted by atomic mass is 16.6. The molecule has 2 saturated carbocycles. The molecule has 3 rings (SSSR count). The molecule has 0 saturated heterocycles. The summed E-state index contributed by atoms with van der Waals surface area (Å²) in [6.45, 7) is 6.75. The second-order valence-corrected chi connectivity index (χ2v) is 10.3. The normalized spacial score (nSPS) is 27.1. The van der Waals surface area contributed by atoms with Gasteiger partial charge < -0.3 is 20.7 Å². The number of rotatable bonds is 5. The Morgan fingerprint density at radius 3 is 2.42 bits per heavy atom. The Bertz CT molecular complexity index is 787. The standard InChI is InChI=1S/C23H39N5O3/c1-23(2,3)31-22(30)25-17-7-11-18(12-8-17)27(4)15-16-5-9-19(10-6-16)28-14-13-20(24)26-21(28)29/h13-14,16-19H,5-12,15H2,1-4H3,(H,25,30)(H2,24,26,29)/t16-,17-,18-,19-. The first-order valence-electron chi connectivity index (χ1n) is 11.6. The van der Waals surface area contributed by atoms with Gasteiger partial charge in [-0.05, 0) is 91.2 Å². The van der Waals surface area contributed by atoms with Crippen molar-refractivity contribution in [3.8, 4) is 0 Å². The van der Waals surface area contributed by atoms with Gasteiger partial charge in [-0.2, -0.15) is 4.98 Å². The average molecular weight is 434 g/mol. The van der Waals surface area contributed by atoms with Gasteiger partial charge in [0.15, 0.2) is 0 Å². The van der Waals surface area contributed by atoms with Crippen molar-refractivity contribution in [1.82, 2.24) is 19.8 Å². The predicted molar refractivity (Wildman–Crippen MR) is 122 cm³/mol. The fraction of sp³-hybridized carbons (Fsp3) is 0.783. The molecule has 31 heavy (non-hydrogen) atoms. The topological polar surface area (TPSA) is 102 Å². The Labute approximate surface area is 185 Å². The van der Waals surface area contributed by atoms with Gasteiger partial charge >= 0.3 is 11.8 Å². The monoisotopic (exact) mass is 433 g/mol. The summed E-state index contributed by atoms with van der Waals surface area (Å²) in [5, 5.41) is 3.02. The first kappa shape index (κ1) is 23.6. The van der Waals surface area contributed by atoms with Gasteiger partial charge in [0.25, 0.3) is 0 Å². The number of carbonyl (C=O) groups excluding carboxylic acids is 1. The van der Waals surface area contributed by atoms with Crippen molar-refractivity contribution in [2.24, 2.45) is 5.92 Å². The number of aromatic nitrogens is 2. The Balaban J connectivity index is 1.39. The van der Waals surface area contributed by atoms with Crippen LogP contribution in [0.15, 0.2) is 17.1 Å². The van der Waals surface area contributed by atoms with E-state index in [9.17, 15) is 9.59 Å². The summed E-state index contributed by atoms with van der Waals surface area (Å²) in [5.41, 5.74) is 4.91. The lowest BCUT2D eigenvalue weighted by atomic mass is 9.84. The van der Waals surface area contributed by atoms with E-state index in [-0.39, 0.29) is 29.7 Å². The fourth-order valence-corrected chi connectivity index (χ4v) is 5.00. The molecule has 0 atom stereocenters. The molecule has 1 aromatic rings. The number of ether oxygens (including phenoxy) is 1. The van der Waals surface area contributed by atoms with Crippen LogP contribution >= 0.6 is 0 Å². The van der Waals surface area contributed by atoms with Gasteiger partial charge in [0, 0.05) is 30.9 Å². The third-order valence-corrected chi connectivity index (χ3v) is 6.65. The second kappa shape index (κ2) is 10.0. The summed E-state index contributed by atoms with van der Waals surface area (Å²) in [6, 6.07) is 2.71. The number of hydrogen-bond acceptors (Lipinski definition) is 6. The van der Waals surface area contributed by atoms with Crippen LogP contribution in [0.2, 0.25) is 0 Å². The van der Waals surface area contributed by atoms with Crippen LogP contribution in [-0.2, 0) is 4.74 Å². The SMILES string of the molecule is CN(C[C@H]1CC[C@H](n2ccc(N)nc2=O)CC1)[C@H]1CC[C@H](NC(=O)OC(C)(C)C)CC1. The maximum Gasteiger partial charge on any atom is 0.407 e. The van der Waals surface area contributed by atoms with E-state index in [0.717, 1.165) is 57.9 Å². The number of amides is 1. The first-order chi connectivity index (χ1) is 14.6. The maximum atomic E-state index is 12.1. The van der Waals surface area contributed by atoms with Crippen LogP contribution in [0.5, 0.6) is 0 Å². The van der Waals surface area contributed by atoms with E-state index in [4.69, 9.17) is 10.5 Å². The molecule has 0 aliphatic heterocycles. The summed E-state index contributed by atoms with van der Waals surface area (Å²) < 4.78 is 7.12. The Kier molecular flexibility index (Phi) is 7.62. The molecular weight excluding hydrogens is 394 g/mol. The van der Waals surface area contributed by atoms with E-state index < -0.39 is 5.60 Å². The van der Waals surface area contributed by atoms with E-state index in [1.807, 2.05) is 20.8 Å². The second-order valence-electron chi connectivity index (χ2n) is 10.3. The zero-order valence-corrected chi connectivity index (χ0v) is 19.5. The highest BCUT2D eigenvalue weighted by Gasteiger charge is 2.29. The molecule has 3 N–H and O–H groups in total. The molecule has 0 bridgehead atoms. The van der Waals surface area contributed by atoms with E-state index in [1.54, 1.807) is 16.8 Å². The zero-order chi connectivity index (χ0) is 22.6. The number of carbonyl (C=O) groups is 1. The van der Waals surface area contributed by atoms with Gasteiger partial charge in [-0.15, -0.1) is 0 Å². The molecule has 2 fully saturated rings. The van der Waals surface area contributed by atoms with Crippen molar-refractivity contribution in [3.05, 3.63) is 22.7 Å². The molecular formula is C23H39N5O3. The van der Waals surface area contributed by atoms with Gasteiger partial charge in [-0.25, -0.2) is 9.59 Å². The Morgan fingerprint density at radius 1 is 1.19 bits per heavy atom. The van der Waals surface area contributed by atoms with Gasteiger partial charge in [-0.3, -0.25) is 4.57 Å². The number of nitrogen functional groups attached to an aromatic ring is 1. The lowest BCUT2D eigenvalue weighted by Gasteiger charge is -2.38. The number of nitrogens with one attached hydrogen (secondary N) is 1. The smallest absolute Gasteiger partial charge is 0.407 e. The van der Waals surface area contributed by atoms with Crippen LogP contribution in [0, 0.1) is 5.92 Å². The maximum absolute atomic E-state index is 12.1. The van der Waals surface area contributed by atoms with Crippen LogP contribution in [-0.4, -0.2) is 51.8 Å². The van der Waals surface area contributed by atoms with Crippen molar-refractivity contribution in [1.29, 1.82) is 0 Å². The fourth-order valence-electron chi connectivity index (χ4n) is 5.00. The van der Waals surface area contributed by atoms with Crippen LogP contribution in [0.4, 0.5) is 10.6 Å². The molecule has 2 aliphatic rings. The quantitative estimate of drug-likeness (QED) is 0.738. The molecule has 0 radical (unpaired) electrons. The van der Waals surface area contributed by atoms with E-state index in [2.05, 4.69) is 22.2 Å². The molecule has 0 unspecified atom stereocenters. The van der Waals surface area contributed by atoms with E-state index in [1.165, 1.54) is 0 Å². The number of alkyl carbamates (subject to hydrolysis) is 1. The number of nitrogens with two attached hydrogens (primary N) is 1. The molecule has 1 amide bonds. The van der Waals surface area contributed by atoms with Crippen molar-refractivity contribution in [3.63, 3.8) is 0 Å². The minimum Gasteiger partial charge on any atom is -0.444 e. The largest absolute Gasteiger partial charge is 0.444 e. The summed E-state index contributed by atoms with van der Waals surface area (Å²) in [5.74, 6) is 0.948. The van der Waals surface area contributed by atoms with Crippen LogP contribution in [0.25, 0.3) is 0 Å². The third kappa shape index (κ3) is 6.95. The molecule has 174 valence electrons. The van der Waals surface area contributed by atoms with Crippen LogP contribution < -0.4 is 16.7 Å². The third-order valence-electron chi connectivity index (χ3n) is 6.65. The molecule has 0 spiro atoms. The van der Waals surface area contributed by atoms with Crippen molar-refractivity contribution in [2.75, 3.05) is 19.3 Å². The van der Waals surface area contributed by atoms with Crippen molar-refractivity contribution < 1.29 is 9.53 Å². The Hall–Kier alpha value is -2.09. The minimum atomic E-state index is -0.460. The molecule has 8 heteroatoms. The Morgan fingerprint density at radius 2 is 1.84 bits per heavy atom. The number of anilines is 1. The lowest BCUT2D eigenvalue weighted by molar-refractivity contribution is 0.0477. The lowest BCUT2D eigenvalue weighted by Crippen LogP contribution is -2.45. The molecule has 1 aromatic heterocycles. The van der Waals surface area contributed by atoms with E-state index in [0.29, 0.717) is 12.0 Å². The molecule has 0 aromatic carbocycles. The summed E-state index contributed by atoms with van der Waals surface area (Å²) in [4.78, 5) is 30.5. The molecule has 1 heterocycles. The summed E-state index contributed by atoms with van der Waals surface area (Å²) in [7, 11) is 2.23. The van der Waals surface area contributed by atoms with Gasteiger partial charge in [0.1, 0.15) is 11.4 Å². The molecule has 2 aliphatic carbocycles. The highest BCUT2D eigenvalue weighted by Crippen LogP contribution is 2.33. The van der Waals surface area contributed by atoms with Gasteiger partial charge in [-0.1, -0.05) is 0 Å². The van der Waals surface area contributed by atoms with Crippen molar-refractivity contribution >= 4 is 11.9 Å². The average Bonchev–Trinajstić information content (AvgIpc) is 2.68. The number of hydrogen-bond donors (Lipinski definition) is 2. The van der Waals surface area contributed by atoms with Crippen LogP contribution in [0.3, 0.4) is 0 Å². The van der Waals surface area contributed by atoms with Crippen LogP contribution in [0.1, 0.15) is 78.2 Å². The zero-order valence-electron chi connectivity index (χ0n) is 19.5. The van der Waals surface area contributed by atoms with Crippen molar-refractivity contribution in [2.45, 2.75) is 95.9 Å². The summed E-state index contributed by atoms with van der Waals surface area (Å²) >= 11 is 0.